The molecule has 9 heteroatoms. The Bertz CT molecular complexity index is 1120. The number of hydrogen-bond donors (Lipinski definition) is 3. The Kier molecular flexibility index (Phi) is 6.56. The summed E-state index contributed by atoms with van der Waals surface area (Å²) < 4.78 is 11.5. The van der Waals surface area contributed by atoms with Gasteiger partial charge in [-0.1, -0.05) is 12.7 Å². The smallest absolute Gasteiger partial charge is 0.338 e. The summed E-state index contributed by atoms with van der Waals surface area (Å²) in [4.78, 5) is 21.2. The first-order chi connectivity index (χ1) is 14.8. The molecular weight excluding hydrogens is 398 g/mol. The molecule has 4 N–H and O–H groups in total. The summed E-state index contributed by atoms with van der Waals surface area (Å²) in [5.74, 6) is 1.17. The molecule has 0 spiro atoms. The standard InChI is InChI=1S/C22H25N5O4/c1-5-6-19(23)27(3)13(2)24-12-17-8-14-7-15(9-18(30-4)20(14)31-17)21-25-10-16(11-26-21)22(28)29/h5-11,13,24H,1,12,23H2,2-4H3,(H,28,29)/b19-6-. The van der Waals surface area contributed by atoms with Gasteiger partial charge in [0.2, 0.25) is 0 Å². The first kappa shape index (κ1) is 21.8. The monoisotopic (exact) mass is 423 g/mol. The summed E-state index contributed by atoms with van der Waals surface area (Å²) >= 11 is 0. The third kappa shape index (κ3) is 4.84. The van der Waals surface area contributed by atoms with Crippen LogP contribution in [0.2, 0.25) is 0 Å². The average Bonchev–Trinajstić information content (AvgIpc) is 3.19. The van der Waals surface area contributed by atoms with Gasteiger partial charge in [0.15, 0.2) is 17.2 Å². The van der Waals surface area contributed by atoms with Crippen LogP contribution < -0.4 is 15.8 Å². The third-order valence-corrected chi connectivity index (χ3v) is 4.86. The Labute approximate surface area is 179 Å². The number of hydrogen-bond acceptors (Lipinski definition) is 8. The summed E-state index contributed by atoms with van der Waals surface area (Å²) in [6, 6.07) is 5.55. The fraction of sp³-hybridized carbons (Fsp3) is 0.227. The van der Waals surface area contributed by atoms with E-state index in [9.17, 15) is 4.79 Å². The number of nitrogens with two attached hydrogens (primary N) is 1. The van der Waals surface area contributed by atoms with Crippen molar-refractivity contribution in [3.63, 3.8) is 0 Å². The van der Waals surface area contributed by atoms with Crippen LogP contribution in [-0.4, -0.2) is 46.3 Å². The number of ether oxygens (including phenoxy) is 1. The molecule has 0 saturated heterocycles. The Morgan fingerprint density at radius 2 is 2.10 bits per heavy atom. The molecule has 1 unspecified atom stereocenters. The van der Waals surface area contributed by atoms with E-state index in [0.717, 1.165) is 11.1 Å². The molecule has 0 aliphatic heterocycles. The minimum Gasteiger partial charge on any atom is -0.493 e. The predicted molar refractivity (Wildman–Crippen MR) is 117 cm³/mol. The maximum absolute atomic E-state index is 11.0. The van der Waals surface area contributed by atoms with Crippen LogP contribution in [-0.2, 0) is 6.54 Å². The highest BCUT2D eigenvalue weighted by Gasteiger charge is 2.15. The lowest BCUT2D eigenvalue weighted by atomic mass is 10.1. The lowest BCUT2D eigenvalue weighted by Gasteiger charge is -2.27. The molecule has 0 aliphatic carbocycles. The second-order valence-electron chi connectivity index (χ2n) is 6.91. The van der Waals surface area contributed by atoms with Gasteiger partial charge in [-0.3, -0.25) is 5.32 Å². The molecule has 2 aromatic heterocycles. The number of aromatic carboxylic acids is 1. The summed E-state index contributed by atoms with van der Waals surface area (Å²) in [7, 11) is 3.44. The largest absolute Gasteiger partial charge is 0.493 e. The van der Waals surface area contributed by atoms with Crippen molar-refractivity contribution < 1.29 is 19.1 Å². The van der Waals surface area contributed by atoms with Crippen molar-refractivity contribution >= 4 is 16.9 Å². The molecule has 0 bridgehead atoms. The lowest BCUT2D eigenvalue weighted by molar-refractivity contribution is 0.0696. The van der Waals surface area contributed by atoms with Gasteiger partial charge in [-0.05, 0) is 31.2 Å². The Balaban J connectivity index is 1.84. The molecule has 0 radical (unpaired) electrons. The molecule has 1 atom stereocenters. The number of nitrogens with zero attached hydrogens (tertiary/aromatic N) is 3. The highest BCUT2D eigenvalue weighted by Crippen LogP contribution is 2.33. The number of carbonyl (C=O) groups is 1. The Morgan fingerprint density at radius 1 is 1.39 bits per heavy atom. The quantitative estimate of drug-likeness (QED) is 0.352. The van der Waals surface area contributed by atoms with Crippen LogP contribution >= 0.6 is 0 Å². The Hall–Kier alpha value is -3.85. The molecule has 0 amide bonds. The predicted octanol–water partition coefficient (Wildman–Crippen LogP) is 2.95. The molecule has 0 aliphatic rings. The summed E-state index contributed by atoms with van der Waals surface area (Å²) in [6.07, 6.45) is 5.88. The zero-order valence-corrected chi connectivity index (χ0v) is 17.6. The molecule has 31 heavy (non-hydrogen) atoms. The van der Waals surface area contributed by atoms with E-state index in [4.69, 9.17) is 20.0 Å². The van der Waals surface area contributed by atoms with Gasteiger partial charge in [0.05, 0.1) is 31.2 Å². The number of allylic oxidation sites excluding steroid dienone is 2. The fourth-order valence-electron chi connectivity index (χ4n) is 2.98. The van der Waals surface area contributed by atoms with Gasteiger partial charge in [-0.2, -0.15) is 0 Å². The maximum Gasteiger partial charge on any atom is 0.338 e. The van der Waals surface area contributed by atoms with Crippen molar-refractivity contribution in [1.29, 1.82) is 0 Å². The minimum absolute atomic E-state index is 0.0242. The van der Waals surface area contributed by atoms with Crippen LogP contribution in [0.3, 0.4) is 0 Å². The molecular formula is C22H25N5O4. The van der Waals surface area contributed by atoms with Gasteiger partial charge in [-0.25, -0.2) is 14.8 Å². The number of fused-ring (bicyclic) bond motifs is 1. The first-order valence-electron chi connectivity index (χ1n) is 9.54. The van der Waals surface area contributed by atoms with Gasteiger partial charge in [0.1, 0.15) is 5.76 Å². The molecule has 3 rings (SSSR count). The van der Waals surface area contributed by atoms with E-state index >= 15 is 0 Å². The molecule has 0 saturated carbocycles. The van der Waals surface area contributed by atoms with Crippen molar-refractivity contribution in [1.82, 2.24) is 20.2 Å². The van der Waals surface area contributed by atoms with Crippen LogP contribution in [0.25, 0.3) is 22.4 Å². The van der Waals surface area contributed by atoms with E-state index < -0.39 is 5.97 Å². The second kappa shape index (κ2) is 9.31. The van der Waals surface area contributed by atoms with E-state index in [1.54, 1.807) is 25.3 Å². The SMILES string of the molecule is C=C/C=C(/N)N(C)C(C)NCc1cc2cc(-c3ncc(C(=O)O)cn3)cc(OC)c2o1. The molecule has 1 aromatic carbocycles. The molecule has 0 fully saturated rings. The maximum atomic E-state index is 11.0. The minimum atomic E-state index is -1.08. The molecule has 162 valence electrons. The van der Waals surface area contributed by atoms with Crippen LogP contribution in [0.5, 0.6) is 5.75 Å². The molecule has 2 heterocycles. The van der Waals surface area contributed by atoms with Gasteiger partial charge >= 0.3 is 5.97 Å². The summed E-state index contributed by atoms with van der Waals surface area (Å²) in [6.45, 7) is 6.12. The van der Waals surface area contributed by atoms with Crippen molar-refractivity contribution in [2.75, 3.05) is 14.2 Å². The van der Waals surface area contributed by atoms with Gasteiger partial charge in [-0.15, -0.1) is 0 Å². The highest BCUT2D eigenvalue weighted by atomic mass is 16.5. The number of benzene rings is 1. The average molecular weight is 423 g/mol. The van der Waals surface area contributed by atoms with E-state index in [1.165, 1.54) is 12.4 Å². The van der Waals surface area contributed by atoms with Crippen LogP contribution in [0.4, 0.5) is 0 Å². The number of methoxy groups -OCH3 is 1. The zero-order valence-electron chi connectivity index (χ0n) is 17.6. The van der Waals surface area contributed by atoms with Crippen LogP contribution in [0.1, 0.15) is 23.0 Å². The Morgan fingerprint density at radius 3 is 2.71 bits per heavy atom. The summed E-state index contributed by atoms with van der Waals surface area (Å²) in [5.41, 5.74) is 7.31. The van der Waals surface area contributed by atoms with Crippen LogP contribution in [0, 0.1) is 0 Å². The lowest BCUT2D eigenvalue weighted by Crippen LogP contribution is -2.42. The van der Waals surface area contributed by atoms with E-state index in [0.29, 0.717) is 35.1 Å². The van der Waals surface area contributed by atoms with Gasteiger partial charge in [0, 0.05) is 30.4 Å². The molecule has 9 nitrogen and oxygen atoms in total. The number of carboxylic acids is 1. The van der Waals surface area contributed by atoms with Gasteiger partial charge in [0.25, 0.3) is 0 Å². The van der Waals surface area contributed by atoms with Crippen molar-refractivity contribution in [2.45, 2.75) is 19.6 Å². The number of rotatable bonds is 9. The van der Waals surface area contributed by atoms with Crippen molar-refractivity contribution in [3.05, 3.63) is 66.5 Å². The molecule has 3 aromatic rings. The second-order valence-corrected chi connectivity index (χ2v) is 6.91. The van der Waals surface area contributed by atoms with Crippen LogP contribution in [0.15, 0.2) is 59.6 Å². The number of furan rings is 1. The topological polar surface area (TPSA) is 127 Å². The summed E-state index contributed by atoms with van der Waals surface area (Å²) in [5, 5.41) is 13.2. The third-order valence-electron chi connectivity index (χ3n) is 4.86. The number of nitrogens with one attached hydrogen (secondary N) is 1. The normalized spacial score (nSPS) is 12.5. The van der Waals surface area contributed by atoms with Crippen molar-refractivity contribution in [2.24, 2.45) is 5.73 Å². The highest BCUT2D eigenvalue weighted by molar-refractivity contribution is 5.89. The van der Waals surface area contributed by atoms with Gasteiger partial charge < -0.3 is 24.9 Å². The van der Waals surface area contributed by atoms with E-state index in [-0.39, 0.29) is 11.7 Å². The number of aromatic nitrogens is 2. The van der Waals surface area contributed by atoms with E-state index in [2.05, 4.69) is 21.9 Å². The van der Waals surface area contributed by atoms with Crippen molar-refractivity contribution in [3.8, 4) is 17.1 Å². The first-order valence-corrected chi connectivity index (χ1v) is 9.54. The van der Waals surface area contributed by atoms with E-state index in [1.807, 2.05) is 31.0 Å². The fourth-order valence-corrected chi connectivity index (χ4v) is 2.98. The number of carboxylic acid groups (broad SMARTS) is 1. The zero-order chi connectivity index (χ0) is 22.5.